The van der Waals surface area contributed by atoms with Crippen molar-refractivity contribution in [3.8, 4) is 0 Å². The summed E-state index contributed by atoms with van der Waals surface area (Å²) in [6.45, 7) is 6.24. The van der Waals surface area contributed by atoms with Crippen molar-refractivity contribution in [3.05, 3.63) is 29.8 Å². The SMILES string of the molecule is CCNCc1ccccc1N1CCOCC1CO. The molecule has 0 bridgehead atoms. The van der Waals surface area contributed by atoms with Crippen LogP contribution in [-0.4, -0.2) is 44.1 Å². The van der Waals surface area contributed by atoms with Crippen LogP contribution in [0.15, 0.2) is 24.3 Å². The lowest BCUT2D eigenvalue weighted by molar-refractivity contribution is 0.0726. The standard InChI is InChI=1S/C14H22N2O2/c1-2-15-9-12-5-3-4-6-14(12)16-7-8-18-11-13(16)10-17/h3-6,13,15,17H,2,7-11H2,1H3. The number of ether oxygens (including phenoxy) is 1. The van der Waals surface area contributed by atoms with Gasteiger partial charge in [0.1, 0.15) is 0 Å². The molecule has 0 saturated carbocycles. The van der Waals surface area contributed by atoms with Crippen molar-refractivity contribution >= 4 is 5.69 Å². The Hall–Kier alpha value is -1.10. The molecule has 1 aromatic carbocycles. The molecule has 2 N–H and O–H groups in total. The van der Waals surface area contributed by atoms with Gasteiger partial charge in [-0.1, -0.05) is 25.1 Å². The van der Waals surface area contributed by atoms with E-state index in [0.29, 0.717) is 6.61 Å². The third-order valence-corrected chi connectivity index (χ3v) is 3.30. The van der Waals surface area contributed by atoms with Crippen molar-refractivity contribution in [2.45, 2.75) is 19.5 Å². The number of rotatable bonds is 5. The van der Waals surface area contributed by atoms with Crippen molar-refractivity contribution in [1.29, 1.82) is 0 Å². The summed E-state index contributed by atoms with van der Waals surface area (Å²) >= 11 is 0. The van der Waals surface area contributed by atoms with E-state index in [1.165, 1.54) is 11.3 Å². The van der Waals surface area contributed by atoms with Crippen LogP contribution in [0.4, 0.5) is 5.69 Å². The highest BCUT2D eigenvalue weighted by molar-refractivity contribution is 5.54. The minimum absolute atomic E-state index is 0.0709. The minimum atomic E-state index is 0.0709. The van der Waals surface area contributed by atoms with E-state index in [0.717, 1.165) is 26.2 Å². The van der Waals surface area contributed by atoms with Crippen molar-refractivity contribution < 1.29 is 9.84 Å². The van der Waals surface area contributed by atoms with Crippen LogP contribution in [0.3, 0.4) is 0 Å². The van der Waals surface area contributed by atoms with Gasteiger partial charge in [0.2, 0.25) is 0 Å². The number of anilines is 1. The largest absolute Gasteiger partial charge is 0.394 e. The van der Waals surface area contributed by atoms with E-state index in [1.54, 1.807) is 0 Å². The molecule has 18 heavy (non-hydrogen) atoms. The Morgan fingerprint density at radius 1 is 1.44 bits per heavy atom. The number of nitrogens with zero attached hydrogens (tertiary/aromatic N) is 1. The fourth-order valence-corrected chi connectivity index (χ4v) is 2.32. The van der Waals surface area contributed by atoms with E-state index in [2.05, 4.69) is 41.4 Å². The second-order valence-electron chi connectivity index (χ2n) is 4.51. The van der Waals surface area contributed by atoms with Gasteiger partial charge in [-0.15, -0.1) is 0 Å². The van der Waals surface area contributed by atoms with Gasteiger partial charge in [-0.2, -0.15) is 0 Å². The van der Waals surface area contributed by atoms with E-state index in [4.69, 9.17) is 4.74 Å². The van der Waals surface area contributed by atoms with Crippen LogP contribution in [0.25, 0.3) is 0 Å². The Kier molecular flexibility index (Phi) is 4.99. The van der Waals surface area contributed by atoms with Gasteiger partial charge in [-0.05, 0) is 18.2 Å². The predicted octanol–water partition coefficient (Wildman–Crippen LogP) is 0.994. The molecule has 1 fully saturated rings. The third-order valence-electron chi connectivity index (χ3n) is 3.30. The highest BCUT2D eigenvalue weighted by Crippen LogP contribution is 2.24. The summed E-state index contributed by atoms with van der Waals surface area (Å²) in [4.78, 5) is 2.26. The van der Waals surface area contributed by atoms with E-state index in [-0.39, 0.29) is 12.6 Å². The van der Waals surface area contributed by atoms with Gasteiger partial charge in [-0.25, -0.2) is 0 Å². The number of aliphatic hydroxyl groups excluding tert-OH is 1. The molecule has 0 spiro atoms. The molecule has 1 unspecified atom stereocenters. The summed E-state index contributed by atoms with van der Waals surface area (Å²) in [5.74, 6) is 0. The fraction of sp³-hybridized carbons (Fsp3) is 0.571. The van der Waals surface area contributed by atoms with Crippen LogP contribution in [0.1, 0.15) is 12.5 Å². The summed E-state index contributed by atoms with van der Waals surface area (Å²) in [6, 6.07) is 8.45. The molecule has 100 valence electrons. The van der Waals surface area contributed by atoms with E-state index >= 15 is 0 Å². The number of benzene rings is 1. The molecule has 0 aliphatic carbocycles. The van der Waals surface area contributed by atoms with Gasteiger partial charge in [0.25, 0.3) is 0 Å². The second-order valence-corrected chi connectivity index (χ2v) is 4.51. The highest BCUT2D eigenvalue weighted by Gasteiger charge is 2.23. The maximum atomic E-state index is 9.45. The first-order valence-electron chi connectivity index (χ1n) is 6.60. The molecule has 0 amide bonds. The zero-order valence-corrected chi connectivity index (χ0v) is 10.9. The first-order chi connectivity index (χ1) is 8.86. The molecule has 1 aliphatic rings. The lowest BCUT2D eigenvalue weighted by Gasteiger charge is -2.37. The maximum absolute atomic E-state index is 9.45. The van der Waals surface area contributed by atoms with Gasteiger partial charge < -0.3 is 20.1 Å². The minimum Gasteiger partial charge on any atom is -0.394 e. The Morgan fingerprint density at radius 2 is 2.28 bits per heavy atom. The van der Waals surface area contributed by atoms with E-state index in [9.17, 15) is 5.11 Å². The average molecular weight is 250 g/mol. The molecule has 4 heteroatoms. The van der Waals surface area contributed by atoms with Gasteiger partial charge in [0.05, 0.1) is 25.9 Å². The van der Waals surface area contributed by atoms with E-state index in [1.807, 2.05) is 0 Å². The monoisotopic (exact) mass is 250 g/mol. The van der Waals surface area contributed by atoms with Crippen molar-refractivity contribution in [1.82, 2.24) is 5.32 Å². The second kappa shape index (κ2) is 6.73. The fourth-order valence-electron chi connectivity index (χ4n) is 2.32. The normalized spacial score (nSPS) is 20.1. The van der Waals surface area contributed by atoms with E-state index < -0.39 is 0 Å². The quantitative estimate of drug-likeness (QED) is 0.818. The number of morpholine rings is 1. The van der Waals surface area contributed by atoms with Gasteiger partial charge >= 0.3 is 0 Å². The lowest BCUT2D eigenvalue weighted by Crippen LogP contribution is -2.48. The lowest BCUT2D eigenvalue weighted by atomic mass is 10.1. The predicted molar refractivity (Wildman–Crippen MR) is 72.9 cm³/mol. The molecular formula is C14H22N2O2. The number of hydrogen-bond donors (Lipinski definition) is 2. The molecule has 1 aliphatic heterocycles. The third kappa shape index (κ3) is 3.02. The molecule has 1 saturated heterocycles. The van der Waals surface area contributed by atoms with Crippen LogP contribution < -0.4 is 10.2 Å². The van der Waals surface area contributed by atoms with Gasteiger partial charge in [-0.3, -0.25) is 0 Å². The summed E-state index contributed by atoms with van der Waals surface area (Å²) in [5, 5.41) is 12.8. The van der Waals surface area contributed by atoms with Gasteiger partial charge in [0.15, 0.2) is 0 Å². The Morgan fingerprint density at radius 3 is 3.06 bits per heavy atom. The van der Waals surface area contributed by atoms with Crippen LogP contribution in [0.5, 0.6) is 0 Å². The number of aliphatic hydroxyl groups is 1. The van der Waals surface area contributed by atoms with Gasteiger partial charge in [0, 0.05) is 18.8 Å². The Bertz CT molecular complexity index is 371. The topological polar surface area (TPSA) is 44.7 Å². The molecule has 4 nitrogen and oxygen atoms in total. The Balaban J connectivity index is 2.19. The molecule has 1 aromatic rings. The van der Waals surface area contributed by atoms with Crippen molar-refractivity contribution in [2.75, 3.05) is 37.8 Å². The number of nitrogens with one attached hydrogen (secondary N) is 1. The molecule has 0 radical (unpaired) electrons. The number of para-hydroxylation sites is 1. The van der Waals surface area contributed by atoms with Crippen molar-refractivity contribution in [2.24, 2.45) is 0 Å². The first kappa shape index (κ1) is 13.3. The first-order valence-corrected chi connectivity index (χ1v) is 6.60. The highest BCUT2D eigenvalue weighted by atomic mass is 16.5. The van der Waals surface area contributed by atoms with Crippen LogP contribution in [-0.2, 0) is 11.3 Å². The summed E-state index contributed by atoms with van der Waals surface area (Å²) in [6.07, 6.45) is 0. The molecule has 1 atom stereocenters. The molecule has 2 rings (SSSR count). The number of hydrogen-bond acceptors (Lipinski definition) is 4. The van der Waals surface area contributed by atoms with Crippen LogP contribution in [0, 0.1) is 0 Å². The molecular weight excluding hydrogens is 228 g/mol. The smallest absolute Gasteiger partial charge is 0.0755 e. The zero-order chi connectivity index (χ0) is 12.8. The summed E-state index contributed by atoms with van der Waals surface area (Å²) in [5.41, 5.74) is 2.49. The average Bonchev–Trinajstić information content (AvgIpc) is 2.45. The summed E-state index contributed by atoms with van der Waals surface area (Å²) in [7, 11) is 0. The zero-order valence-electron chi connectivity index (χ0n) is 10.9. The van der Waals surface area contributed by atoms with Crippen LogP contribution >= 0.6 is 0 Å². The maximum Gasteiger partial charge on any atom is 0.0755 e. The molecule has 0 aromatic heterocycles. The Labute approximate surface area is 109 Å². The van der Waals surface area contributed by atoms with Crippen LogP contribution in [0.2, 0.25) is 0 Å². The molecule has 1 heterocycles. The summed E-state index contributed by atoms with van der Waals surface area (Å²) < 4.78 is 5.43. The van der Waals surface area contributed by atoms with Crippen molar-refractivity contribution in [3.63, 3.8) is 0 Å².